The number of carbonyl (C=O) groups is 1. The fourth-order valence-electron chi connectivity index (χ4n) is 3.60. The Balaban J connectivity index is 1.64. The molecule has 0 spiro atoms. The minimum absolute atomic E-state index is 0.216. The summed E-state index contributed by atoms with van der Waals surface area (Å²) in [5.41, 5.74) is 4.35. The van der Waals surface area contributed by atoms with Gasteiger partial charge >= 0.3 is 5.97 Å². The van der Waals surface area contributed by atoms with Crippen molar-refractivity contribution in [2.45, 2.75) is 26.5 Å². The highest BCUT2D eigenvalue weighted by Gasteiger charge is 2.14. The third-order valence-electron chi connectivity index (χ3n) is 5.02. The topological polar surface area (TPSA) is 40.5 Å². The number of ether oxygens (including phenoxy) is 2. The molecular weight excluding hydrogens is 374 g/mol. The van der Waals surface area contributed by atoms with Gasteiger partial charge in [0.05, 0.1) is 13.0 Å². The molecule has 0 saturated heterocycles. The van der Waals surface area contributed by atoms with E-state index in [0.29, 0.717) is 13.2 Å². The molecule has 0 bridgehead atoms. The first-order chi connectivity index (χ1) is 14.7. The second kappa shape index (κ2) is 9.31. The van der Waals surface area contributed by atoms with Crippen LogP contribution < -0.4 is 4.74 Å². The summed E-state index contributed by atoms with van der Waals surface area (Å²) < 4.78 is 13.4. The van der Waals surface area contributed by atoms with Crippen LogP contribution >= 0.6 is 0 Å². The standard InChI is InChI=1S/C26H25NO3/c1-2-29-26(28)15-22-18-27(17-20-9-5-3-6-10-20)25-14-13-23(16-24(22)25)30-19-21-11-7-4-8-12-21/h3-14,16,18H,2,15,17,19H2,1H3. The van der Waals surface area contributed by atoms with Crippen LogP contribution in [-0.4, -0.2) is 17.1 Å². The van der Waals surface area contributed by atoms with E-state index in [1.807, 2.05) is 67.6 Å². The minimum Gasteiger partial charge on any atom is -0.489 e. The lowest BCUT2D eigenvalue weighted by molar-refractivity contribution is -0.142. The van der Waals surface area contributed by atoms with Gasteiger partial charge in [0.15, 0.2) is 0 Å². The highest BCUT2D eigenvalue weighted by molar-refractivity contribution is 5.89. The Morgan fingerprint density at radius 2 is 1.60 bits per heavy atom. The number of esters is 1. The van der Waals surface area contributed by atoms with Crippen molar-refractivity contribution in [3.05, 3.63) is 102 Å². The molecule has 0 aliphatic heterocycles. The van der Waals surface area contributed by atoms with E-state index in [0.717, 1.165) is 34.3 Å². The molecule has 4 rings (SSSR count). The summed E-state index contributed by atoms with van der Waals surface area (Å²) in [6, 6.07) is 26.5. The van der Waals surface area contributed by atoms with E-state index in [4.69, 9.17) is 9.47 Å². The maximum absolute atomic E-state index is 12.2. The number of hydrogen-bond acceptors (Lipinski definition) is 3. The van der Waals surface area contributed by atoms with Crippen LogP contribution in [0.4, 0.5) is 0 Å². The summed E-state index contributed by atoms with van der Waals surface area (Å²) in [6.07, 6.45) is 2.30. The summed E-state index contributed by atoms with van der Waals surface area (Å²) in [5, 5.41) is 1.02. The van der Waals surface area contributed by atoms with E-state index in [2.05, 4.69) is 29.0 Å². The second-order valence-electron chi connectivity index (χ2n) is 7.20. The zero-order valence-electron chi connectivity index (χ0n) is 17.1. The Labute approximate surface area is 176 Å². The van der Waals surface area contributed by atoms with Gasteiger partial charge in [0, 0.05) is 23.6 Å². The fourth-order valence-corrected chi connectivity index (χ4v) is 3.60. The number of benzene rings is 3. The van der Waals surface area contributed by atoms with Crippen LogP contribution in [0.3, 0.4) is 0 Å². The molecule has 4 nitrogen and oxygen atoms in total. The van der Waals surface area contributed by atoms with E-state index in [9.17, 15) is 4.79 Å². The quantitative estimate of drug-likeness (QED) is 0.374. The first-order valence-electron chi connectivity index (χ1n) is 10.2. The molecule has 0 radical (unpaired) electrons. The van der Waals surface area contributed by atoms with Crippen LogP contribution in [-0.2, 0) is 29.1 Å². The van der Waals surface area contributed by atoms with Gasteiger partial charge in [0.2, 0.25) is 0 Å². The van der Waals surface area contributed by atoms with Crippen molar-refractivity contribution in [3.63, 3.8) is 0 Å². The predicted molar refractivity (Wildman–Crippen MR) is 119 cm³/mol. The average molecular weight is 399 g/mol. The van der Waals surface area contributed by atoms with E-state index >= 15 is 0 Å². The lowest BCUT2D eigenvalue weighted by Crippen LogP contribution is -2.07. The summed E-state index contributed by atoms with van der Waals surface area (Å²) in [4.78, 5) is 12.2. The predicted octanol–water partition coefficient (Wildman–Crippen LogP) is 5.37. The van der Waals surface area contributed by atoms with Gasteiger partial charge in [-0.2, -0.15) is 0 Å². The van der Waals surface area contributed by atoms with Crippen molar-refractivity contribution >= 4 is 16.9 Å². The van der Waals surface area contributed by atoms with Crippen LogP contribution in [0, 0.1) is 0 Å². The van der Waals surface area contributed by atoms with Crippen LogP contribution in [0.25, 0.3) is 10.9 Å². The third-order valence-corrected chi connectivity index (χ3v) is 5.02. The van der Waals surface area contributed by atoms with Gasteiger partial charge in [-0.3, -0.25) is 4.79 Å². The van der Waals surface area contributed by atoms with Crippen molar-refractivity contribution in [2.75, 3.05) is 6.61 Å². The SMILES string of the molecule is CCOC(=O)Cc1cn(Cc2ccccc2)c2ccc(OCc3ccccc3)cc12. The lowest BCUT2D eigenvalue weighted by Gasteiger charge is -2.08. The Morgan fingerprint density at radius 3 is 2.30 bits per heavy atom. The smallest absolute Gasteiger partial charge is 0.310 e. The summed E-state index contributed by atoms with van der Waals surface area (Å²) in [7, 11) is 0. The third kappa shape index (κ3) is 4.71. The van der Waals surface area contributed by atoms with Gasteiger partial charge in [0.1, 0.15) is 12.4 Å². The molecule has 3 aromatic carbocycles. The molecule has 4 aromatic rings. The Kier molecular flexibility index (Phi) is 6.14. The average Bonchev–Trinajstić information content (AvgIpc) is 3.10. The highest BCUT2D eigenvalue weighted by atomic mass is 16.5. The van der Waals surface area contributed by atoms with Crippen LogP contribution in [0.15, 0.2) is 85.1 Å². The monoisotopic (exact) mass is 399 g/mol. The number of aromatic nitrogens is 1. The first kappa shape index (κ1) is 19.8. The number of hydrogen-bond donors (Lipinski definition) is 0. The molecule has 0 saturated carbocycles. The van der Waals surface area contributed by atoms with E-state index in [1.165, 1.54) is 5.56 Å². The van der Waals surface area contributed by atoms with Gasteiger partial charge in [-0.1, -0.05) is 60.7 Å². The maximum Gasteiger partial charge on any atom is 0.310 e. The van der Waals surface area contributed by atoms with Gasteiger partial charge in [0.25, 0.3) is 0 Å². The van der Waals surface area contributed by atoms with E-state index < -0.39 is 0 Å². The molecule has 30 heavy (non-hydrogen) atoms. The van der Waals surface area contributed by atoms with Crippen molar-refractivity contribution in [3.8, 4) is 5.75 Å². The molecule has 0 unspecified atom stereocenters. The summed E-state index contributed by atoms with van der Waals surface area (Å²) >= 11 is 0. The molecule has 0 atom stereocenters. The number of rotatable bonds is 8. The molecular formula is C26H25NO3. The molecule has 0 amide bonds. The van der Waals surface area contributed by atoms with Crippen molar-refractivity contribution in [1.29, 1.82) is 0 Å². The zero-order valence-corrected chi connectivity index (χ0v) is 17.1. The van der Waals surface area contributed by atoms with Crippen LogP contribution in [0.5, 0.6) is 5.75 Å². The lowest BCUT2D eigenvalue weighted by atomic mass is 10.1. The molecule has 4 heteroatoms. The van der Waals surface area contributed by atoms with Gasteiger partial charge in [-0.25, -0.2) is 0 Å². The van der Waals surface area contributed by atoms with Crippen LogP contribution in [0.2, 0.25) is 0 Å². The molecule has 0 fully saturated rings. The van der Waals surface area contributed by atoms with Gasteiger partial charge in [-0.15, -0.1) is 0 Å². The van der Waals surface area contributed by atoms with E-state index in [1.54, 1.807) is 0 Å². The molecule has 1 heterocycles. The molecule has 1 aromatic heterocycles. The van der Waals surface area contributed by atoms with Crippen molar-refractivity contribution in [1.82, 2.24) is 4.57 Å². The molecule has 152 valence electrons. The second-order valence-corrected chi connectivity index (χ2v) is 7.20. The number of carbonyl (C=O) groups excluding carboxylic acids is 1. The Bertz CT molecular complexity index is 1120. The summed E-state index contributed by atoms with van der Waals surface area (Å²) in [6.45, 7) is 3.45. The first-order valence-corrected chi connectivity index (χ1v) is 10.2. The van der Waals surface area contributed by atoms with Crippen LogP contribution in [0.1, 0.15) is 23.6 Å². The van der Waals surface area contributed by atoms with Crippen molar-refractivity contribution in [2.24, 2.45) is 0 Å². The minimum atomic E-state index is -0.216. The molecule has 0 N–H and O–H groups in total. The number of nitrogens with zero attached hydrogens (tertiary/aromatic N) is 1. The van der Waals surface area contributed by atoms with E-state index in [-0.39, 0.29) is 12.4 Å². The highest BCUT2D eigenvalue weighted by Crippen LogP contribution is 2.28. The molecule has 0 aliphatic carbocycles. The zero-order chi connectivity index (χ0) is 20.8. The van der Waals surface area contributed by atoms with Gasteiger partial charge in [-0.05, 0) is 41.8 Å². The Morgan fingerprint density at radius 1 is 0.900 bits per heavy atom. The largest absolute Gasteiger partial charge is 0.489 e. The summed E-state index contributed by atoms with van der Waals surface area (Å²) in [5.74, 6) is 0.570. The normalized spacial score (nSPS) is 10.8. The number of fused-ring (bicyclic) bond motifs is 1. The molecule has 0 aliphatic rings. The van der Waals surface area contributed by atoms with Gasteiger partial charge < -0.3 is 14.0 Å². The fraction of sp³-hybridized carbons (Fsp3) is 0.192. The Hall–Kier alpha value is -3.53. The van der Waals surface area contributed by atoms with Crippen molar-refractivity contribution < 1.29 is 14.3 Å². The maximum atomic E-state index is 12.2.